The first-order chi connectivity index (χ1) is 36.3. The van der Waals surface area contributed by atoms with Gasteiger partial charge in [0.15, 0.2) is 11.4 Å². The molecule has 0 saturated carbocycles. The number of aromatic hydroxyl groups is 2. The predicted molar refractivity (Wildman–Crippen MR) is 272 cm³/mol. The topological polar surface area (TPSA) is 558 Å². The van der Waals surface area contributed by atoms with Crippen LogP contribution >= 0.6 is 0 Å². The maximum atomic E-state index is 14.9. The molecule has 40 heteroatoms. The van der Waals surface area contributed by atoms with Gasteiger partial charge in [0.2, 0.25) is 11.6 Å². The van der Waals surface area contributed by atoms with Gasteiger partial charge in [-0.1, -0.05) is 0 Å². The number of Topliss-reactive ketones (excluding diaryl/α,β-unsaturated/α-hetero) is 2. The minimum absolute atomic E-state index is 0.279. The second kappa shape index (κ2) is 19.1. The minimum Gasteiger partial charge on any atom is -0.507 e. The van der Waals surface area contributed by atoms with E-state index in [2.05, 4.69) is 10.2 Å². The van der Waals surface area contributed by atoms with Crippen molar-refractivity contribution in [1.29, 1.82) is 0 Å². The number of carbonyl (C=O) groups is 2. The van der Waals surface area contributed by atoms with Gasteiger partial charge in [0.1, 0.15) is 21.3 Å². The summed E-state index contributed by atoms with van der Waals surface area (Å²) in [6.45, 7) is 0. The van der Waals surface area contributed by atoms with Crippen molar-refractivity contribution >= 4 is 149 Å². The van der Waals surface area contributed by atoms with Crippen LogP contribution in [0.5, 0.6) is 11.5 Å². The number of phenolic OH excluding ortho intramolecular Hbond substituents is 2. The van der Waals surface area contributed by atoms with E-state index in [1.165, 1.54) is 0 Å². The normalized spacial score (nSPS) is 15.9. The van der Waals surface area contributed by atoms with Crippen molar-refractivity contribution in [2.45, 2.75) is 29.4 Å². The maximum Gasteiger partial charge on any atom is 0.296 e. The zero-order chi connectivity index (χ0) is 59.7. The van der Waals surface area contributed by atoms with Crippen LogP contribution in [-0.4, -0.2) is 137 Å². The SMILES string of the molecule is O=C1/C(=N/Nc2cc(S(=O)(=O)O)cc3cc(S(=O)(=O)O)cc(O)c23)C(S(=O)(=O)O)=Cc2cc(S(=O)(=O)O)cc(-c3cc(S(=O)(=O)O)cc4c3C(=O)/C(=N/Nc3cc(S(=O)(=O)O)cc5cc(S(=O)(=O)O)cc(O)c35)C(S(=O)(=O)O)=C4)c21. The lowest BCUT2D eigenvalue weighted by Gasteiger charge is -2.24. The number of hydrogen-bond acceptors (Lipinski definition) is 24. The average Bonchev–Trinajstić information content (AvgIpc) is 3.44. The summed E-state index contributed by atoms with van der Waals surface area (Å²) in [5, 5.41) is 26.4. The van der Waals surface area contributed by atoms with Crippen LogP contribution in [0, 0.1) is 0 Å². The Bertz CT molecular complexity index is 4710. The van der Waals surface area contributed by atoms with Gasteiger partial charge in [-0.05, 0) is 106 Å². The number of hydrogen-bond donors (Lipinski definition) is 12. The summed E-state index contributed by atoms with van der Waals surface area (Å²) in [5.41, 5.74) is -7.21. The minimum atomic E-state index is -5.83. The highest BCUT2D eigenvalue weighted by Crippen LogP contribution is 2.43. The number of benzene rings is 6. The van der Waals surface area contributed by atoms with Crippen LogP contribution in [0.2, 0.25) is 0 Å². The van der Waals surface area contributed by atoms with Crippen LogP contribution in [0.15, 0.2) is 122 Å². The van der Waals surface area contributed by atoms with Crippen LogP contribution in [0.3, 0.4) is 0 Å². The molecular weight excluding hydrogens is 1240 g/mol. The molecule has 0 aliphatic heterocycles. The van der Waals surface area contributed by atoms with Crippen molar-refractivity contribution in [3.63, 3.8) is 0 Å². The van der Waals surface area contributed by atoms with Crippen molar-refractivity contribution in [3.8, 4) is 22.6 Å². The van der Waals surface area contributed by atoms with E-state index in [0.29, 0.717) is 72.8 Å². The molecular formula is C40H26N4O28S8. The van der Waals surface area contributed by atoms with Crippen LogP contribution in [-0.2, 0) is 80.9 Å². The third kappa shape index (κ3) is 11.2. The summed E-state index contributed by atoms with van der Waals surface area (Å²) in [5.74, 6) is -5.91. The molecule has 6 aromatic carbocycles. The molecule has 0 radical (unpaired) electrons. The lowest BCUT2D eigenvalue weighted by atomic mass is 9.82. The van der Waals surface area contributed by atoms with Crippen molar-refractivity contribution in [2.75, 3.05) is 10.9 Å². The monoisotopic (exact) mass is 1270 g/mol. The second-order valence-electron chi connectivity index (χ2n) is 16.5. The molecule has 8 rings (SSSR count). The second-order valence-corrected chi connectivity index (χ2v) is 27.8. The molecule has 0 atom stereocenters. The highest BCUT2D eigenvalue weighted by Gasteiger charge is 2.40. The van der Waals surface area contributed by atoms with E-state index in [4.69, 9.17) is 0 Å². The van der Waals surface area contributed by atoms with Gasteiger partial charge in [0.05, 0.1) is 40.7 Å². The number of nitrogens with one attached hydrogen (secondary N) is 2. The molecule has 0 unspecified atom stereocenters. The van der Waals surface area contributed by atoms with E-state index in [9.17, 15) is 124 Å². The van der Waals surface area contributed by atoms with Gasteiger partial charge in [0, 0.05) is 34.0 Å². The Morgan fingerprint density at radius 3 is 0.863 bits per heavy atom. The quantitative estimate of drug-likeness (QED) is 0.0583. The molecule has 80 heavy (non-hydrogen) atoms. The van der Waals surface area contributed by atoms with E-state index in [0.717, 1.165) is 0 Å². The molecule has 0 bridgehead atoms. The van der Waals surface area contributed by atoms with Gasteiger partial charge in [-0.2, -0.15) is 77.5 Å². The zero-order valence-corrected chi connectivity index (χ0v) is 44.6. The fourth-order valence-electron chi connectivity index (χ4n) is 8.10. The summed E-state index contributed by atoms with van der Waals surface area (Å²) >= 11 is 0. The lowest BCUT2D eigenvalue weighted by Crippen LogP contribution is -2.29. The largest absolute Gasteiger partial charge is 0.507 e. The Hall–Kier alpha value is -7.52. The van der Waals surface area contributed by atoms with Gasteiger partial charge in [-0.3, -0.25) is 56.9 Å². The number of nitrogens with zero attached hydrogens (tertiary/aromatic N) is 2. The fraction of sp³-hybridized carbons (Fsp3) is 0. The molecule has 32 nitrogen and oxygen atoms in total. The summed E-state index contributed by atoms with van der Waals surface area (Å²) in [6.07, 6.45) is 0.557. The first kappa shape index (κ1) is 58.6. The van der Waals surface area contributed by atoms with Gasteiger partial charge in [-0.15, -0.1) is 0 Å². The summed E-state index contributed by atoms with van der Waals surface area (Å²) < 4.78 is 281. The molecule has 12 N–H and O–H groups in total. The fourth-order valence-corrected chi connectivity index (χ4v) is 12.7. The van der Waals surface area contributed by atoms with E-state index >= 15 is 0 Å². The number of hydrazone groups is 2. The number of fused-ring (bicyclic) bond motifs is 4. The molecule has 0 aromatic heterocycles. The van der Waals surface area contributed by atoms with E-state index in [1.54, 1.807) is 0 Å². The summed E-state index contributed by atoms with van der Waals surface area (Å²) in [4.78, 5) is 19.5. The number of phenols is 2. The first-order valence-electron chi connectivity index (χ1n) is 20.3. The van der Waals surface area contributed by atoms with Crippen molar-refractivity contribution in [1.82, 2.24) is 0 Å². The van der Waals surface area contributed by atoms with E-state index in [-0.39, 0.29) is 12.2 Å². The third-order valence-electron chi connectivity index (χ3n) is 11.4. The smallest absolute Gasteiger partial charge is 0.296 e. The molecule has 2 aliphatic rings. The molecule has 6 aromatic rings. The number of ketones is 2. The third-order valence-corrected chi connectivity index (χ3v) is 18.1. The number of anilines is 2. The summed E-state index contributed by atoms with van der Waals surface area (Å²) in [7, 11) is -43.9. The standard InChI is InChI=1S/C40H26N4O28S8/c45-29-13-23(77(61,62)63)3-15-1-21(75(55,56)57)11-27(35(15)29)41-43-37-31(79(67,68)69)7-17-5-19(73(49,50)51)9-25(33(17)39(37)47)26-10-20(74(52,53)54)6-18-8-32(80(70,71)72)38(40(48)34(18)26)44-42-28-12-22(76(58,59)60)2-16-4-24(78(64,65)66)14-30(46)36(16)28/h1-14,41-42,45-46H,(H,49,50,51)(H,52,53,54)(H,55,56,57)(H,58,59,60)(H,61,62,63)(H,64,65,66)(H,67,68,69)(H,70,71,72)/b43-37+,44-38+. The van der Waals surface area contributed by atoms with Crippen LogP contribution in [0.1, 0.15) is 31.8 Å². The maximum absolute atomic E-state index is 14.9. The van der Waals surface area contributed by atoms with Gasteiger partial charge in [0.25, 0.3) is 80.9 Å². The van der Waals surface area contributed by atoms with Crippen molar-refractivity contribution in [3.05, 3.63) is 105 Å². The first-order valence-corrected chi connectivity index (χ1v) is 31.9. The van der Waals surface area contributed by atoms with Gasteiger partial charge < -0.3 is 10.2 Å². The Balaban J connectivity index is 1.42. The van der Waals surface area contributed by atoms with Gasteiger partial charge in [-0.25, -0.2) is 0 Å². The summed E-state index contributed by atoms with van der Waals surface area (Å²) in [6, 6.07) is 5.33. The molecule has 0 saturated heterocycles. The Morgan fingerprint density at radius 2 is 0.600 bits per heavy atom. The van der Waals surface area contributed by atoms with E-state index < -0.39 is 221 Å². The van der Waals surface area contributed by atoms with Crippen LogP contribution in [0.4, 0.5) is 11.4 Å². The highest BCUT2D eigenvalue weighted by molar-refractivity contribution is 7.91. The molecule has 0 fully saturated rings. The van der Waals surface area contributed by atoms with Gasteiger partial charge >= 0.3 is 0 Å². The van der Waals surface area contributed by atoms with Crippen molar-refractivity contribution < 1.29 is 124 Å². The molecule has 2 aliphatic carbocycles. The van der Waals surface area contributed by atoms with Crippen LogP contribution < -0.4 is 10.9 Å². The number of carbonyl (C=O) groups excluding carboxylic acids is 2. The van der Waals surface area contributed by atoms with E-state index in [1.807, 2.05) is 10.9 Å². The Labute approximate surface area is 447 Å². The zero-order valence-electron chi connectivity index (χ0n) is 38.1. The molecule has 0 amide bonds. The molecule has 422 valence electrons. The number of rotatable bonds is 13. The average molecular weight is 1270 g/mol. The van der Waals surface area contributed by atoms with Crippen molar-refractivity contribution in [2.24, 2.45) is 10.2 Å². The Kier molecular flexibility index (Phi) is 14.0. The van der Waals surface area contributed by atoms with Crippen LogP contribution in [0.25, 0.3) is 44.8 Å². The molecule has 0 heterocycles. The highest BCUT2D eigenvalue weighted by atomic mass is 32.2. The molecule has 0 spiro atoms. The Morgan fingerprint density at radius 1 is 0.338 bits per heavy atom. The lowest BCUT2D eigenvalue weighted by molar-refractivity contribution is 0.105. The number of allylic oxidation sites excluding steroid dienone is 2. The predicted octanol–water partition coefficient (Wildman–Crippen LogP) is 2.34.